The van der Waals surface area contributed by atoms with Gasteiger partial charge in [-0.15, -0.1) is 0 Å². The van der Waals surface area contributed by atoms with Crippen molar-refractivity contribution >= 4 is 5.97 Å². The molecule has 0 saturated heterocycles. The van der Waals surface area contributed by atoms with Crippen molar-refractivity contribution in [2.45, 2.75) is 45.4 Å². The highest BCUT2D eigenvalue weighted by Gasteiger charge is 2.02. The Morgan fingerprint density at radius 2 is 1.88 bits per heavy atom. The van der Waals surface area contributed by atoms with Crippen LogP contribution in [0, 0.1) is 0 Å². The SMILES string of the molecule is CCCCCCOC(=O)CCc1ccccc1. The summed E-state index contributed by atoms with van der Waals surface area (Å²) < 4.78 is 5.17. The number of carbonyl (C=O) groups is 1. The lowest BCUT2D eigenvalue weighted by Gasteiger charge is -2.04. The Kier molecular flexibility index (Phi) is 7.12. The van der Waals surface area contributed by atoms with E-state index in [1.807, 2.05) is 30.3 Å². The number of ether oxygens (including phenoxy) is 1. The highest BCUT2D eigenvalue weighted by atomic mass is 16.5. The summed E-state index contributed by atoms with van der Waals surface area (Å²) in [6.07, 6.45) is 5.84. The minimum Gasteiger partial charge on any atom is -0.466 e. The number of hydrogen-bond acceptors (Lipinski definition) is 2. The molecule has 0 atom stereocenters. The number of esters is 1. The largest absolute Gasteiger partial charge is 0.466 e. The molecule has 94 valence electrons. The fourth-order valence-electron chi connectivity index (χ4n) is 1.68. The van der Waals surface area contributed by atoms with E-state index in [1.54, 1.807) is 0 Å². The molecule has 0 fully saturated rings. The monoisotopic (exact) mass is 234 g/mol. The first kappa shape index (κ1) is 13.8. The van der Waals surface area contributed by atoms with Crippen LogP contribution in [0.2, 0.25) is 0 Å². The highest BCUT2D eigenvalue weighted by Crippen LogP contribution is 2.04. The molecule has 0 unspecified atom stereocenters. The van der Waals surface area contributed by atoms with Gasteiger partial charge in [0.25, 0.3) is 0 Å². The Balaban J connectivity index is 2.05. The smallest absolute Gasteiger partial charge is 0.306 e. The van der Waals surface area contributed by atoms with Crippen molar-refractivity contribution in [2.24, 2.45) is 0 Å². The van der Waals surface area contributed by atoms with E-state index in [1.165, 1.54) is 18.4 Å². The standard InChI is InChI=1S/C15H22O2/c1-2-3-4-8-13-17-15(16)12-11-14-9-6-5-7-10-14/h5-7,9-10H,2-4,8,11-13H2,1H3. The zero-order valence-electron chi connectivity index (χ0n) is 10.7. The first-order valence-corrected chi connectivity index (χ1v) is 6.52. The highest BCUT2D eigenvalue weighted by molar-refractivity contribution is 5.69. The summed E-state index contributed by atoms with van der Waals surface area (Å²) in [5, 5.41) is 0. The summed E-state index contributed by atoms with van der Waals surface area (Å²) in [6, 6.07) is 10.0. The van der Waals surface area contributed by atoms with Crippen LogP contribution in [0.5, 0.6) is 0 Å². The van der Waals surface area contributed by atoms with Gasteiger partial charge < -0.3 is 4.74 Å². The van der Waals surface area contributed by atoms with E-state index in [9.17, 15) is 4.79 Å². The minimum atomic E-state index is -0.0784. The molecule has 0 heterocycles. The van der Waals surface area contributed by atoms with E-state index in [2.05, 4.69) is 6.92 Å². The number of carbonyl (C=O) groups excluding carboxylic acids is 1. The molecule has 1 aromatic rings. The molecule has 0 spiro atoms. The molecule has 1 aromatic carbocycles. The van der Waals surface area contributed by atoms with Gasteiger partial charge in [-0.3, -0.25) is 4.79 Å². The summed E-state index contributed by atoms with van der Waals surface area (Å²) >= 11 is 0. The van der Waals surface area contributed by atoms with Crippen molar-refractivity contribution in [3.63, 3.8) is 0 Å². The molecule has 2 heteroatoms. The number of hydrogen-bond donors (Lipinski definition) is 0. The van der Waals surface area contributed by atoms with Crippen molar-refractivity contribution in [1.29, 1.82) is 0 Å². The quantitative estimate of drug-likeness (QED) is 0.506. The second kappa shape index (κ2) is 8.80. The molecule has 0 saturated carbocycles. The van der Waals surface area contributed by atoms with Crippen LogP contribution in [0.15, 0.2) is 30.3 Å². The number of rotatable bonds is 8. The van der Waals surface area contributed by atoms with Crippen molar-refractivity contribution < 1.29 is 9.53 Å². The van der Waals surface area contributed by atoms with Crippen LogP contribution in [0.1, 0.15) is 44.6 Å². The van der Waals surface area contributed by atoms with E-state index in [-0.39, 0.29) is 5.97 Å². The van der Waals surface area contributed by atoms with Gasteiger partial charge in [-0.2, -0.15) is 0 Å². The fraction of sp³-hybridized carbons (Fsp3) is 0.533. The van der Waals surface area contributed by atoms with Gasteiger partial charge in [0.05, 0.1) is 6.61 Å². The predicted octanol–water partition coefficient (Wildman–Crippen LogP) is 3.74. The van der Waals surface area contributed by atoms with Crippen LogP contribution in [-0.2, 0) is 16.0 Å². The molecule has 0 aliphatic carbocycles. The molecule has 0 aromatic heterocycles. The first-order valence-electron chi connectivity index (χ1n) is 6.52. The Morgan fingerprint density at radius 1 is 1.12 bits per heavy atom. The van der Waals surface area contributed by atoms with E-state index in [0.717, 1.165) is 19.3 Å². The van der Waals surface area contributed by atoms with Crippen LogP contribution >= 0.6 is 0 Å². The predicted molar refractivity (Wildman–Crippen MR) is 69.9 cm³/mol. The second-order valence-electron chi connectivity index (χ2n) is 4.27. The fourth-order valence-corrected chi connectivity index (χ4v) is 1.68. The third kappa shape index (κ3) is 6.77. The van der Waals surface area contributed by atoms with Crippen molar-refractivity contribution in [3.8, 4) is 0 Å². The second-order valence-corrected chi connectivity index (χ2v) is 4.27. The zero-order valence-corrected chi connectivity index (χ0v) is 10.7. The molecular weight excluding hydrogens is 212 g/mol. The van der Waals surface area contributed by atoms with Gasteiger partial charge in [-0.1, -0.05) is 56.5 Å². The molecular formula is C15H22O2. The van der Waals surface area contributed by atoms with E-state index in [4.69, 9.17) is 4.74 Å². The molecule has 0 bridgehead atoms. The van der Waals surface area contributed by atoms with Crippen LogP contribution in [0.25, 0.3) is 0 Å². The van der Waals surface area contributed by atoms with Gasteiger partial charge in [0, 0.05) is 6.42 Å². The molecule has 17 heavy (non-hydrogen) atoms. The Bertz CT molecular complexity index is 306. The van der Waals surface area contributed by atoms with Crippen LogP contribution < -0.4 is 0 Å². The van der Waals surface area contributed by atoms with Gasteiger partial charge in [0.1, 0.15) is 0 Å². The molecule has 0 radical (unpaired) electrons. The maximum atomic E-state index is 11.4. The molecule has 2 nitrogen and oxygen atoms in total. The number of aryl methyl sites for hydroxylation is 1. The van der Waals surface area contributed by atoms with Gasteiger partial charge in [0.15, 0.2) is 0 Å². The average molecular weight is 234 g/mol. The van der Waals surface area contributed by atoms with Crippen LogP contribution in [-0.4, -0.2) is 12.6 Å². The topological polar surface area (TPSA) is 26.3 Å². The molecule has 0 N–H and O–H groups in total. The third-order valence-electron chi connectivity index (χ3n) is 2.72. The van der Waals surface area contributed by atoms with Gasteiger partial charge >= 0.3 is 5.97 Å². The summed E-state index contributed by atoms with van der Waals surface area (Å²) in [7, 11) is 0. The maximum Gasteiger partial charge on any atom is 0.306 e. The lowest BCUT2D eigenvalue weighted by Crippen LogP contribution is -2.07. The summed E-state index contributed by atoms with van der Waals surface area (Å²) in [5.41, 5.74) is 1.19. The Labute approximate surface area is 104 Å². The van der Waals surface area contributed by atoms with Crippen molar-refractivity contribution in [1.82, 2.24) is 0 Å². The number of benzene rings is 1. The Morgan fingerprint density at radius 3 is 2.59 bits per heavy atom. The maximum absolute atomic E-state index is 11.4. The van der Waals surface area contributed by atoms with Crippen molar-refractivity contribution in [3.05, 3.63) is 35.9 Å². The zero-order chi connectivity index (χ0) is 12.3. The lowest BCUT2D eigenvalue weighted by molar-refractivity contribution is -0.143. The van der Waals surface area contributed by atoms with Crippen LogP contribution in [0.3, 0.4) is 0 Å². The molecule has 0 aliphatic rings. The van der Waals surface area contributed by atoms with Gasteiger partial charge in [0.2, 0.25) is 0 Å². The first-order chi connectivity index (χ1) is 8.33. The molecule has 0 aliphatic heterocycles. The van der Waals surface area contributed by atoms with Crippen molar-refractivity contribution in [2.75, 3.05) is 6.61 Å². The van der Waals surface area contributed by atoms with E-state index in [0.29, 0.717) is 13.0 Å². The summed E-state index contributed by atoms with van der Waals surface area (Å²) in [6.45, 7) is 2.75. The van der Waals surface area contributed by atoms with Gasteiger partial charge in [-0.05, 0) is 18.4 Å². The van der Waals surface area contributed by atoms with Gasteiger partial charge in [-0.25, -0.2) is 0 Å². The normalized spacial score (nSPS) is 10.2. The van der Waals surface area contributed by atoms with E-state index < -0.39 is 0 Å². The lowest BCUT2D eigenvalue weighted by atomic mass is 10.1. The van der Waals surface area contributed by atoms with E-state index >= 15 is 0 Å². The summed E-state index contributed by atoms with van der Waals surface area (Å²) in [5.74, 6) is -0.0784. The number of unbranched alkanes of at least 4 members (excludes halogenated alkanes) is 3. The van der Waals surface area contributed by atoms with Crippen LogP contribution in [0.4, 0.5) is 0 Å². The Hall–Kier alpha value is -1.31. The third-order valence-corrected chi connectivity index (χ3v) is 2.72. The minimum absolute atomic E-state index is 0.0784. The molecule has 0 amide bonds. The summed E-state index contributed by atoms with van der Waals surface area (Å²) in [4.78, 5) is 11.4. The molecule has 1 rings (SSSR count). The average Bonchev–Trinajstić information content (AvgIpc) is 2.37.